The van der Waals surface area contributed by atoms with Crippen molar-refractivity contribution < 1.29 is 9.53 Å². The van der Waals surface area contributed by atoms with E-state index in [1.54, 1.807) is 0 Å². The van der Waals surface area contributed by atoms with Crippen molar-refractivity contribution in [1.82, 2.24) is 14.9 Å². The highest BCUT2D eigenvalue weighted by atomic mass is 32.1. The highest BCUT2D eigenvalue weighted by Gasteiger charge is 2.14. The van der Waals surface area contributed by atoms with E-state index in [0.29, 0.717) is 24.4 Å². The van der Waals surface area contributed by atoms with E-state index in [1.165, 1.54) is 5.39 Å². The Kier molecular flexibility index (Phi) is 4.83. The van der Waals surface area contributed by atoms with E-state index in [9.17, 15) is 4.79 Å². The van der Waals surface area contributed by atoms with E-state index < -0.39 is 0 Å². The van der Waals surface area contributed by atoms with Gasteiger partial charge in [0.2, 0.25) is 0 Å². The van der Waals surface area contributed by atoms with Crippen LogP contribution in [0.2, 0.25) is 0 Å². The minimum atomic E-state index is -0.140. The number of rotatable bonds is 6. The van der Waals surface area contributed by atoms with Gasteiger partial charge < -0.3 is 10.1 Å². The van der Waals surface area contributed by atoms with Gasteiger partial charge in [-0.3, -0.25) is 4.79 Å². The molecule has 5 nitrogen and oxygen atoms in total. The molecule has 2 aromatic carbocycles. The van der Waals surface area contributed by atoms with E-state index in [-0.39, 0.29) is 5.91 Å². The monoisotopic (exact) mass is 327 g/mol. The van der Waals surface area contributed by atoms with Crippen molar-refractivity contribution in [3.8, 4) is 5.75 Å². The summed E-state index contributed by atoms with van der Waals surface area (Å²) in [5, 5.41) is 9.09. The van der Waals surface area contributed by atoms with Crippen molar-refractivity contribution in [1.29, 1.82) is 0 Å². The number of nitrogens with one attached hydrogen (secondary N) is 1. The largest absolute Gasteiger partial charge is 0.492 e. The fourth-order valence-corrected chi connectivity index (χ4v) is 2.95. The third kappa shape index (κ3) is 3.65. The summed E-state index contributed by atoms with van der Waals surface area (Å²) in [6, 6.07) is 14.1. The maximum atomic E-state index is 12.0. The van der Waals surface area contributed by atoms with Crippen molar-refractivity contribution in [3.63, 3.8) is 0 Å². The fraction of sp³-hybridized carbons (Fsp3) is 0.235. The number of benzene rings is 2. The Hall–Kier alpha value is -2.47. The topological polar surface area (TPSA) is 64.1 Å². The number of nitrogens with zero attached hydrogens (tertiary/aromatic N) is 2. The molecule has 23 heavy (non-hydrogen) atoms. The first kappa shape index (κ1) is 15.4. The van der Waals surface area contributed by atoms with Crippen LogP contribution in [-0.2, 0) is 6.42 Å². The van der Waals surface area contributed by atoms with Crippen LogP contribution in [0.5, 0.6) is 5.75 Å². The zero-order valence-electron chi connectivity index (χ0n) is 12.8. The van der Waals surface area contributed by atoms with E-state index in [2.05, 4.69) is 21.0 Å². The second kappa shape index (κ2) is 7.19. The average molecular weight is 327 g/mol. The van der Waals surface area contributed by atoms with Gasteiger partial charge in [-0.25, -0.2) is 0 Å². The van der Waals surface area contributed by atoms with E-state index >= 15 is 0 Å². The maximum absolute atomic E-state index is 12.0. The Labute approximate surface area is 138 Å². The number of amides is 1. The summed E-state index contributed by atoms with van der Waals surface area (Å²) >= 11 is 1.12. The molecule has 0 aliphatic carbocycles. The Balaban J connectivity index is 1.52. The van der Waals surface area contributed by atoms with Crippen LogP contribution in [0, 0.1) is 0 Å². The molecule has 1 aromatic heterocycles. The molecule has 0 saturated carbocycles. The number of hydrogen-bond donors (Lipinski definition) is 1. The lowest BCUT2D eigenvalue weighted by Crippen LogP contribution is -2.28. The lowest BCUT2D eigenvalue weighted by molar-refractivity contribution is 0.0950. The second-order valence-corrected chi connectivity index (χ2v) is 5.77. The lowest BCUT2D eigenvalue weighted by atomic mass is 10.1. The Bertz CT molecular complexity index is 816. The van der Waals surface area contributed by atoms with Gasteiger partial charge in [0, 0.05) is 0 Å². The minimum Gasteiger partial charge on any atom is -0.492 e. The van der Waals surface area contributed by atoms with Crippen LogP contribution >= 0.6 is 11.5 Å². The zero-order valence-corrected chi connectivity index (χ0v) is 13.6. The molecular weight excluding hydrogens is 310 g/mol. The molecule has 1 amide bonds. The molecule has 0 aliphatic rings. The van der Waals surface area contributed by atoms with Gasteiger partial charge in [0.1, 0.15) is 17.2 Å². The molecule has 0 bridgehead atoms. The van der Waals surface area contributed by atoms with E-state index in [0.717, 1.165) is 28.4 Å². The molecule has 1 heterocycles. The van der Waals surface area contributed by atoms with Gasteiger partial charge in [0.15, 0.2) is 0 Å². The van der Waals surface area contributed by atoms with Gasteiger partial charge in [-0.05, 0) is 40.9 Å². The second-order valence-electron chi connectivity index (χ2n) is 5.02. The van der Waals surface area contributed by atoms with Gasteiger partial charge in [-0.15, -0.1) is 5.10 Å². The van der Waals surface area contributed by atoms with Gasteiger partial charge in [0.05, 0.1) is 12.2 Å². The molecule has 0 spiro atoms. The molecule has 0 atom stereocenters. The molecule has 0 radical (unpaired) electrons. The predicted octanol–water partition coefficient (Wildman–Crippen LogP) is 3.06. The van der Waals surface area contributed by atoms with Crippen molar-refractivity contribution in [2.45, 2.75) is 13.3 Å². The van der Waals surface area contributed by atoms with Gasteiger partial charge >= 0.3 is 0 Å². The molecule has 0 fully saturated rings. The van der Waals surface area contributed by atoms with Crippen molar-refractivity contribution in [2.75, 3.05) is 13.2 Å². The number of ether oxygens (including phenoxy) is 1. The van der Waals surface area contributed by atoms with E-state index in [4.69, 9.17) is 4.74 Å². The fourth-order valence-electron chi connectivity index (χ4n) is 2.28. The molecule has 1 N–H and O–H groups in total. The molecular formula is C17H17N3O2S. The average Bonchev–Trinajstić information content (AvgIpc) is 3.07. The lowest BCUT2D eigenvalue weighted by Gasteiger charge is -2.08. The molecule has 3 aromatic rings. The Morgan fingerprint density at radius 2 is 2.04 bits per heavy atom. The van der Waals surface area contributed by atoms with Crippen LogP contribution in [-0.4, -0.2) is 28.6 Å². The first-order valence-corrected chi connectivity index (χ1v) is 8.26. The molecule has 3 rings (SSSR count). The van der Waals surface area contributed by atoms with Gasteiger partial charge in [-0.2, -0.15) is 0 Å². The van der Waals surface area contributed by atoms with Crippen LogP contribution in [0.4, 0.5) is 0 Å². The summed E-state index contributed by atoms with van der Waals surface area (Å²) < 4.78 is 9.51. The van der Waals surface area contributed by atoms with Crippen LogP contribution in [0.25, 0.3) is 10.8 Å². The summed E-state index contributed by atoms with van der Waals surface area (Å²) in [7, 11) is 0. The third-order valence-corrected chi connectivity index (χ3v) is 4.24. The van der Waals surface area contributed by atoms with Crippen LogP contribution < -0.4 is 10.1 Å². The Morgan fingerprint density at radius 1 is 1.22 bits per heavy atom. The van der Waals surface area contributed by atoms with Gasteiger partial charge in [0.25, 0.3) is 5.91 Å². The summed E-state index contributed by atoms with van der Waals surface area (Å²) in [5.74, 6) is 0.658. The molecule has 0 unspecified atom stereocenters. The summed E-state index contributed by atoms with van der Waals surface area (Å²) in [4.78, 5) is 12.6. The smallest absolute Gasteiger partial charge is 0.265 e. The van der Waals surface area contributed by atoms with Crippen molar-refractivity contribution in [2.24, 2.45) is 0 Å². The summed E-state index contributed by atoms with van der Waals surface area (Å²) in [6.45, 7) is 2.81. The molecule has 0 aliphatic heterocycles. The van der Waals surface area contributed by atoms with Crippen LogP contribution in [0.3, 0.4) is 0 Å². The SMILES string of the molecule is CCc1nnsc1C(=O)NCCOc1ccc2ccccc2c1. The highest BCUT2D eigenvalue weighted by molar-refractivity contribution is 7.08. The number of hydrogen-bond acceptors (Lipinski definition) is 5. The zero-order chi connectivity index (χ0) is 16.1. The number of aromatic nitrogens is 2. The number of carbonyl (C=O) groups is 1. The Morgan fingerprint density at radius 3 is 2.87 bits per heavy atom. The van der Waals surface area contributed by atoms with Crippen molar-refractivity contribution in [3.05, 3.63) is 53.0 Å². The highest BCUT2D eigenvalue weighted by Crippen LogP contribution is 2.20. The first-order valence-electron chi connectivity index (χ1n) is 7.49. The minimum absolute atomic E-state index is 0.140. The molecule has 118 valence electrons. The first-order chi connectivity index (χ1) is 11.3. The van der Waals surface area contributed by atoms with Crippen molar-refractivity contribution >= 4 is 28.2 Å². The number of aryl methyl sites for hydroxylation is 1. The van der Waals surface area contributed by atoms with E-state index in [1.807, 2.05) is 43.3 Å². The number of fused-ring (bicyclic) bond motifs is 1. The van der Waals surface area contributed by atoms with Crippen LogP contribution in [0.15, 0.2) is 42.5 Å². The summed E-state index contributed by atoms with van der Waals surface area (Å²) in [6.07, 6.45) is 0.701. The normalized spacial score (nSPS) is 10.7. The third-order valence-electron chi connectivity index (χ3n) is 3.47. The number of carbonyl (C=O) groups excluding carboxylic acids is 1. The molecule has 0 saturated heterocycles. The maximum Gasteiger partial charge on any atom is 0.265 e. The quantitative estimate of drug-likeness (QED) is 0.707. The molecule has 6 heteroatoms. The summed E-state index contributed by atoms with van der Waals surface area (Å²) in [5.41, 5.74) is 0.739. The van der Waals surface area contributed by atoms with Gasteiger partial charge in [-0.1, -0.05) is 41.7 Å². The van der Waals surface area contributed by atoms with Crippen LogP contribution in [0.1, 0.15) is 22.3 Å². The predicted molar refractivity (Wildman–Crippen MR) is 91.1 cm³/mol. The standard InChI is InChI=1S/C17H17N3O2S/c1-2-15-16(23-20-19-15)17(21)18-9-10-22-14-8-7-12-5-3-4-6-13(12)11-14/h3-8,11H,2,9-10H2,1H3,(H,18,21).